The zero-order valence-corrected chi connectivity index (χ0v) is 16.8. The van der Waals surface area contributed by atoms with E-state index in [0.717, 1.165) is 22.2 Å². The lowest BCUT2D eigenvalue weighted by molar-refractivity contribution is -0.136. The van der Waals surface area contributed by atoms with Gasteiger partial charge >= 0.3 is 5.97 Å². The predicted octanol–water partition coefficient (Wildman–Crippen LogP) is 4.11. The SMILES string of the molecule is Cc1sc2nc(SC(C(=O)O)c3ccccc3)n(-n3cccc3)c(=O)c2c1C. The fraction of sp³-hybridized carbons (Fsp3) is 0.150. The first-order chi connectivity index (χ1) is 13.5. The molecule has 6 nitrogen and oxygen atoms in total. The van der Waals surface area contributed by atoms with Crippen molar-refractivity contribution in [2.24, 2.45) is 0 Å². The molecule has 0 saturated heterocycles. The number of carboxylic acid groups (broad SMARTS) is 1. The zero-order valence-electron chi connectivity index (χ0n) is 15.2. The molecule has 0 amide bonds. The first-order valence-corrected chi connectivity index (χ1v) is 10.3. The second-order valence-electron chi connectivity index (χ2n) is 6.28. The van der Waals surface area contributed by atoms with Crippen LogP contribution in [0.15, 0.2) is 64.8 Å². The number of nitrogens with zero attached hydrogens (tertiary/aromatic N) is 3. The Bertz CT molecular complexity index is 1210. The van der Waals surface area contributed by atoms with Gasteiger partial charge in [-0.2, -0.15) is 4.68 Å². The second-order valence-corrected chi connectivity index (χ2v) is 8.56. The van der Waals surface area contributed by atoms with Crippen molar-refractivity contribution >= 4 is 39.3 Å². The summed E-state index contributed by atoms with van der Waals surface area (Å²) in [5.74, 6) is -0.983. The topological polar surface area (TPSA) is 77.1 Å². The number of hydrogen-bond acceptors (Lipinski definition) is 5. The summed E-state index contributed by atoms with van der Waals surface area (Å²) in [6.45, 7) is 3.87. The summed E-state index contributed by atoms with van der Waals surface area (Å²) in [6.07, 6.45) is 3.48. The van der Waals surface area contributed by atoms with E-state index in [4.69, 9.17) is 0 Å². The lowest BCUT2D eigenvalue weighted by Gasteiger charge is -2.16. The van der Waals surface area contributed by atoms with Crippen molar-refractivity contribution in [3.8, 4) is 0 Å². The highest BCUT2D eigenvalue weighted by atomic mass is 32.2. The van der Waals surface area contributed by atoms with E-state index in [1.54, 1.807) is 41.3 Å². The molecule has 0 aliphatic rings. The largest absolute Gasteiger partial charge is 0.480 e. The normalized spacial score (nSPS) is 12.4. The summed E-state index contributed by atoms with van der Waals surface area (Å²) < 4.78 is 3.07. The molecule has 1 atom stereocenters. The van der Waals surface area contributed by atoms with Gasteiger partial charge in [-0.1, -0.05) is 42.1 Å². The maximum Gasteiger partial charge on any atom is 0.321 e. The molecule has 3 heterocycles. The average Bonchev–Trinajstić information content (AvgIpc) is 3.29. The van der Waals surface area contributed by atoms with Crippen LogP contribution < -0.4 is 5.56 Å². The molecule has 0 aliphatic heterocycles. The fourth-order valence-corrected chi connectivity index (χ4v) is 5.10. The van der Waals surface area contributed by atoms with E-state index in [0.29, 0.717) is 20.9 Å². The number of aromatic nitrogens is 3. The highest BCUT2D eigenvalue weighted by molar-refractivity contribution is 8.00. The lowest BCUT2D eigenvalue weighted by atomic mass is 10.1. The summed E-state index contributed by atoms with van der Waals surface area (Å²) in [6, 6.07) is 12.6. The molecule has 1 N–H and O–H groups in total. The number of carboxylic acids is 1. The van der Waals surface area contributed by atoms with Crippen molar-refractivity contribution in [1.82, 2.24) is 14.3 Å². The van der Waals surface area contributed by atoms with Gasteiger partial charge in [-0.25, -0.2) is 4.98 Å². The molecule has 0 fully saturated rings. The highest BCUT2D eigenvalue weighted by Crippen LogP contribution is 2.36. The number of aryl methyl sites for hydroxylation is 2. The van der Waals surface area contributed by atoms with Crippen molar-refractivity contribution < 1.29 is 9.90 Å². The predicted molar refractivity (Wildman–Crippen MR) is 111 cm³/mol. The van der Waals surface area contributed by atoms with Gasteiger partial charge in [0.2, 0.25) is 0 Å². The van der Waals surface area contributed by atoms with E-state index in [1.165, 1.54) is 16.0 Å². The van der Waals surface area contributed by atoms with Gasteiger partial charge < -0.3 is 5.11 Å². The smallest absolute Gasteiger partial charge is 0.321 e. The van der Waals surface area contributed by atoms with Crippen LogP contribution in [0, 0.1) is 13.8 Å². The monoisotopic (exact) mass is 411 g/mol. The van der Waals surface area contributed by atoms with E-state index in [-0.39, 0.29) is 5.56 Å². The molecule has 1 unspecified atom stereocenters. The molecule has 4 aromatic rings. The minimum Gasteiger partial charge on any atom is -0.480 e. The number of carbonyl (C=O) groups is 1. The molecule has 0 aliphatic carbocycles. The third kappa shape index (κ3) is 3.14. The molecule has 0 radical (unpaired) electrons. The molecular formula is C20H17N3O3S2. The van der Waals surface area contributed by atoms with Crippen LogP contribution in [0.2, 0.25) is 0 Å². The number of benzene rings is 1. The average molecular weight is 412 g/mol. The van der Waals surface area contributed by atoms with E-state index < -0.39 is 11.2 Å². The Hall–Kier alpha value is -2.84. The molecule has 3 aromatic heterocycles. The Balaban J connectivity index is 1.94. The molecule has 8 heteroatoms. The Morgan fingerprint density at radius 2 is 1.82 bits per heavy atom. The van der Waals surface area contributed by atoms with Gasteiger partial charge in [0.05, 0.1) is 5.39 Å². The van der Waals surface area contributed by atoms with Gasteiger partial charge in [-0.3, -0.25) is 14.3 Å². The second kappa shape index (κ2) is 7.29. The molecule has 28 heavy (non-hydrogen) atoms. The van der Waals surface area contributed by atoms with Crippen LogP contribution in [0.1, 0.15) is 21.3 Å². The number of rotatable bonds is 5. The molecule has 0 spiro atoms. The van der Waals surface area contributed by atoms with Gasteiger partial charge in [-0.05, 0) is 37.1 Å². The standard InChI is InChI=1S/C20H17N3O3S2/c1-12-13(2)27-17-15(12)18(24)23(22-10-6-7-11-22)20(21-17)28-16(19(25)26)14-8-4-3-5-9-14/h3-11,16H,1-2H3,(H,25,26). The number of aliphatic carboxylic acids is 1. The Labute approximate surface area is 169 Å². The third-order valence-electron chi connectivity index (χ3n) is 4.52. The Kier molecular flexibility index (Phi) is 4.82. The van der Waals surface area contributed by atoms with Crippen LogP contribution in [0.5, 0.6) is 0 Å². The van der Waals surface area contributed by atoms with E-state index in [2.05, 4.69) is 4.98 Å². The number of hydrogen-bond donors (Lipinski definition) is 1. The summed E-state index contributed by atoms with van der Waals surface area (Å²) in [5, 5.41) is 9.84. The third-order valence-corrected chi connectivity index (χ3v) is 6.81. The first kappa shape index (κ1) is 18.5. The summed E-state index contributed by atoms with van der Waals surface area (Å²) in [4.78, 5) is 31.6. The summed E-state index contributed by atoms with van der Waals surface area (Å²) in [7, 11) is 0. The molecule has 0 saturated carbocycles. The quantitative estimate of drug-likeness (QED) is 0.395. The number of thiophene rings is 1. The summed E-state index contributed by atoms with van der Waals surface area (Å²) in [5.41, 5.74) is 1.35. The van der Waals surface area contributed by atoms with Crippen LogP contribution in [-0.4, -0.2) is 25.4 Å². The first-order valence-electron chi connectivity index (χ1n) is 8.58. The minimum absolute atomic E-state index is 0.206. The van der Waals surface area contributed by atoms with Gasteiger partial charge in [-0.15, -0.1) is 11.3 Å². The Morgan fingerprint density at radius 3 is 2.46 bits per heavy atom. The lowest BCUT2D eigenvalue weighted by Crippen LogP contribution is -2.28. The van der Waals surface area contributed by atoms with Crippen LogP contribution in [0.4, 0.5) is 0 Å². The van der Waals surface area contributed by atoms with Crippen molar-refractivity contribution in [1.29, 1.82) is 0 Å². The van der Waals surface area contributed by atoms with Crippen LogP contribution >= 0.6 is 23.1 Å². The molecular weight excluding hydrogens is 394 g/mol. The highest BCUT2D eigenvalue weighted by Gasteiger charge is 2.26. The van der Waals surface area contributed by atoms with Crippen molar-refractivity contribution in [2.45, 2.75) is 24.3 Å². The van der Waals surface area contributed by atoms with Gasteiger partial charge in [0, 0.05) is 17.3 Å². The van der Waals surface area contributed by atoms with Crippen molar-refractivity contribution in [3.05, 3.63) is 81.2 Å². The molecule has 1 aromatic carbocycles. The maximum absolute atomic E-state index is 13.3. The Morgan fingerprint density at radius 1 is 1.14 bits per heavy atom. The van der Waals surface area contributed by atoms with E-state index in [9.17, 15) is 14.7 Å². The van der Waals surface area contributed by atoms with Gasteiger partial charge in [0.25, 0.3) is 5.56 Å². The molecule has 4 rings (SSSR count). The van der Waals surface area contributed by atoms with Gasteiger partial charge in [0.15, 0.2) is 5.16 Å². The van der Waals surface area contributed by atoms with E-state index in [1.807, 2.05) is 32.0 Å². The van der Waals surface area contributed by atoms with Crippen LogP contribution in [0.3, 0.4) is 0 Å². The van der Waals surface area contributed by atoms with Crippen molar-refractivity contribution in [2.75, 3.05) is 0 Å². The van der Waals surface area contributed by atoms with Gasteiger partial charge in [0.1, 0.15) is 10.1 Å². The minimum atomic E-state index is -0.983. The van der Waals surface area contributed by atoms with E-state index >= 15 is 0 Å². The molecule has 142 valence electrons. The van der Waals surface area contributed by atoms with Crippen LogP contribution in [-0.2, 0) is 4.79 Å². The van der Waals surface area contributed by atoms with Crippen molar-refractivity contribution in [3.63, 3.8) is 0 Å². The zero-order chi connectivity index (χ0) is 19.8. The van der Waals surface area contributed by atoms with Crippen LogP contribution in [0.25, 0.3) is 10.2 Å². The molecule has 0 bridgehead atoms. The fourth-order valence-electron chi connectivity index (χ4n) is 3.00. The number of thioether (sulfide) groups is 1. The maximum atomic E-state index is 13.3. The number of fused-ring (bicyclic) bond motifs is 1. The summed E-state index contributed by atoms with van der Waals surface area (Å²) >= 11 is 2.51.